The maximum Gasteiger partial charge on any atom is 0.115 e. The van der Waals surface area contributed by atoms with E-state index in [2.05, 4.69) is 19.9 Å². The van der Waals surface area contributed by atoms with Gasteiger partial charge in [-0.3, -0.25) is 15.0 Å². The molecule has 1 aliphatic heterocycles. The number of nitrogens with zero attached hydrogens (tertiary/aromatic N) is 4. The van der Waals surface area contributed by atoms with E-state index in [0.29, 0.717) is 0 Å². The fourth-order valence-electron chi connectivity index (χ4n) is 2.44. The third kappa shape index (κ3) is 7.80. The topological polar surface area (TPSA) is 41.9 Å². The molecule has 4 heteroatoms. The summed E-state index contributed by atoms with van der Waals surface area (Å²) in [7, 11) is 0. The van der Waals surface area contributed by atoms with Crippen LogP contribution < -0.4 is 4.90 Å². The van der Waals surface area contributed by atoms with Gasteiger partial charge >= 0.3 is 0 Å². The van der Waals surface area contributed by atoms with E-state index in [1.54, 1.807) is 12.4 Å². The number of aryl methyl sites for hydroxylation is 1. The van der Waals surface area contributed by atoms with E-state index in [0.717, 1.165) is 35.5 Å². The number of aromatic nitrogens is 3. The predicted molar refractivity (Wildman–Crippen MR) is 114 cm³/mol. The molecule has 0 spiro atoms. The van der Waals surface area contributed by atoms with E-state index in [1.807, 2.05) is 68.5 Å². The van der Waals surface area contributed by atoms with E-state index in [9.17, 15) is 0 Å². The quantitative estimate of drug-likeness (QED) is 0.595. The van der Waals surface area contributed by atoms with Gasteiger partial charge in [-0.2, -0.15) is 0 Å². The Hall–Kier alpha value is -1.71. The average molecular weight is 349 g/mol. The Bertz CT molecular complexity index is 534. The molecule has 0 atom stereocenters. The van der Waals surface area contributed by atoms with Gasteiger partial charge in [-0.15, -0.1) is 0 Å². The first-order valence-corrected chi connectivity index (χ1v) is 10.2. The van der Waals surface area contributed by atoms with Gasteiger partial charge in [-0.25, -0.2) is 0 Å². The third-order valence-electron chi connectivity index (χ3n) is 3.36. The lowest BCUT2D eigenvalue weighted by Crippen LogP contribution is -2.29. The number of anilines is 1. The van der Waals surface area contributed by atoms with Gasteiger partial charge in [0.05, 0.1) is 17.6 Å². The molecule has 144 valence electrons. The molecule has 3 rings (SSSR count). The summed E-state index contributed by atoms with van der Waals surface area (Å²) in [5, 5.41) is 0. The molecule has 0 aliphatic carbocycles. The summed E-state index contributed by atoms with van der Waals surface area (Å²) in [6, 6.07) is 0. The molecule has 0 unspecified atom stereocenters. The summed E-state index contributed by atoms with van der Waals surface area (Å²) in [5.74, 6) is 0. The van der Waals surface area contributed by atoms with Crippen molar-refractivity contribution < 1.29 is 0 Å². The molecule has 3 heterocycles. The summed E-state index contributed by atoms with van der Waals surface area (Å²) < 4.78 is 0. The standard InChI is InChI=1S/C13H16N4.4C2H6/c1-10-12-13(15-6-5-14-12)11(9-16-10)17-7-3-2-4-8-17;4*1-2/h5-6,9H,2-4,7-8H2,1H3;4*1-2H3. The van der Waals surface area contributed by atoms with Gasteiger partial charge in [0.2, 0.25) is 0 Å². The molecule has 0 bridgehead atoms. The Labute approximate surface area is 156 Å². The van der Waals surface area contributed by atoms with E-state index in [1.165, 1.54) is 19.3 Å². The van der Waals surface area contributed by atoms with E-state index >= 15 is 0 Å². The number of hydrogen-bond donors (Lipinski definition) is 0. The Kier molecular flexibility index (Phi) is 17.5. The van der Waals surface area contributed by atoms with Crippen LogP contribution in [-0.4, -0.2) is 28.0 Å². The first-order valence-electron chi connectivity index (χ1n) is 10.2. The second-order valence-electron chi connectivity index (χ2n) is 4.53. The van der Waals surface area contributed by atoms with Crippen LogP contribution >= 0.6 is 0 Å². The predicted octanol–water partition coefficient (Wildman–Crippen LogP) is 6.43. The van der Waals surface area contributed by atoms with Crippen molar-refractivity contribution in [3.8, 4) is 0 Å². The fraction of sp³-hybridized carbons (Fsp3) is 0.667. The smallest absolute Gasteiger partial charge is 0.115 e. The molecular formula is C21H40N4. The van der Waals surface area contributed by atoms with Gasteiger partial charge in [0.15, 0.2) is 0 Å². The summed E-state index contributed by atoms with van der Waals surface area (Å²) in [4.78, 5) is 15.7. The highest BCUT2D eigenvalue weighted by Crippen LogP contribution is 2.26. The fourth-order valence-corrected chi connectivity index (χ4v) is 2.44. The number of rotatable bonds is 1. The van der Waals surface area contributed by atoms with Crippen molar-refractivity contribution >= 4 is 16.7 Å². The lowest BCUT2D eigenvalue weighted by atomic mass is 10.1. The van der Waals surface area contributed by atoms with Crippen molar-refractivity contribution in [2.45, 2.75) is 81.6 Å². The molecule has 2 aromatic rings. The van der Waals surface area contributed by atoms with Crippen molar-refractivity contribution in [1.82, 2.24) is 15.0 Å². The van der Waals surface area contributed by atoms with E-state index in [4.69, 9.17) is 0 Å². The highest BCUT2D eigenvalue weighted by molar-refractivity contribution is 5.88. The zero-order valence-corrected chi connectivity index (χ0v) is 18.1. The van der Waals surface area contributed by atoms with Gasteiger partial charge < -0.3 is 4.90 Å². The summed E-state index contributed by atoms with van der Waals surface area (Å²) in [6.45, 7) is 20.2. The molecule has 0 saturated carbocycles. The first-order chi connectivity index (χ1) is 12.4. The molecule has 4 nitrogen and oxygen atoms in total. The summed E-state index contributed by atoms with van der Waals surface area (Å²) in [5.41, 5.74) is 4.00. The number of fused-ring (bicyclic) bond motifs is 1. The third-order valence-corrected chi connectivity index (χ3v) is 3.36. The Morgan fingerprint density at radius 1 is 0.680 bits per heavy atom. The van der Waals surface area contributed by atoms with Crippen molar-refractivity contribution in [2.24, 2.45) is 0 Å². The van der Waals surface area contributed by atoms with Crippen LogP contribution in [0.1, 0.15) is 80.3 Å². The molecule has 0 amide bonds. The monoisotopic (exact) mass is 348 g/mol. The minimum absolute atomic E-state index is 0.926. The Morgan fingerprint density at radius 3 is 1.68 bits per heavy atom. The molecule has 0 N–H and O–H groups in total. The summed E-state index contributed by atoms with van der Waals surface area (Å²) in [6.07, 6.45) is 9.29. The van der Waals surface area contributed by atoms with Gasteiger partial charge in [0.25, 0.3) is 0 Å². The van der Waals surface area contributed by atoms with Crippen LogP contribution in [0.3, 0.4) is 0 Å². The van der Waals surface area contributed by atoms with Crippen LogP contribution in [0.25, 0.3) is 11.0 Å². The molecule has 0 radical (unpaired) electrons. The zero-order chi connectivity index (χ0) is 19.7. The Balaban J connectivity index is 0. The lowest BCUT2D eigenvalue weighted by molar-refractivity contribution is 0.578. The Morgan fingerprint density at radius 2 is 1.16 bits per heavy atom. The molecular weight excluding hydrogens is 308 g/mol. The number of piperidine rings is 1. The van der Waals surface area contributed by atoms with Gasteiger partial charge in [0.1, 0.15) is 11.0 Å². The average Bonchev–Trinajstić information content (AvgIpc) is 2.75. The van der Waals surface area contributed by atoms with Crippen LogP contribution in [0.5, 0.6) is 0 Å². The SMILES string of the molecule is CC.CC.CC.CC.Cc1ncc(N2CCCCC2)c2nccnc12. The molecule has 1 saturated heterocycles. The van der Waals surface area contributed by atoms with Crippen LogP contribution in [0.15, 0.2) is 18.6 Å². The van der Waals surface area contributed by atoms with Crippen LogP contribution in [-0.2, 0) is 0 Å². The zero-order valence-electron chi connectivity index (χ0n) is 18.1. The second kappa shape index (κ2) is 17.1. The molecule has 25 heavy (non-hydrogen) atoms. The maximum atomic E-state index is 4.47. The van der Waals surface area contributed by atoms with Gasteiger partial charge in [0, 0.05) is 25.5 Å². The largest absolute Gasteiger partial charge is 0.368 e. The van der Waals surface area contributed by atoms with Crippen LogP contribution in [0, 0.1) is 6.92 Å². The number of pyridine rings is 1. The molecule has 2 aromatic heterocycles. The van der Waals surface area contributed by atoms with Gasteiger partial charge in [-0.1, -0.05) is 55.4 Å². The lowest BCUT2D eigenvalue weighted by Gasteiger charge is -2.29. The van der Waals surface area contributed by atoms with E-state index < -0.39 is 0 Å². The highest BCUT2D eigenvalue weighted by atomic mass is 15.1. The minimum atomic E-state index is 0.926. The normalized spacial score (nSPS) is 12.1. The van der Waals surface area contributed by atoms with Crippen LogP contribution in [0.4, 0.5) is 5.69 Å². The second-order valence-corrected chi connectivity index (χ2v) is 4.53. The van der Waals surface area contributed by atoms with Crippen LogP contribution in [0.2, 0.25) is 0 Å². The van der Waals surface area contributed by atoms with E-state index in [-0.39, 0.29) is 0 Å². The summed E-state index contributed by atoms with van der Waals surface area (Å²) >= 11 is 0. The highest BCUT2D eigenvalue weighted by Gasteiger charge is 2.15. The van der Waals surface area contributed by atoms with Crippen molar-refractivity contribution in [2.75, 3.05) is 18.0 Å². The molecule has 1 fully saturated rings. The maximum absolute atomic E-state index is 4.47. The molecule has 0 aromatic carbocycles. The first kappa shape index (κ1) is 25.5. The molecule has 1 aliphatic rings. The minimum Gasteiger partial charge on any atom is -0.368 e. The number of hydrogen-bond acceptors (Lipinski definition) is 4. The van der Waals surface area contributed by atoms with Gasteiger partial charge in [-0.05, 0) is 26.2 Å². The van der Waals surface area contributed by atoms with Crippen molar-refractivity contribution in [3.63, 3.8) is 0 Å². The van der Waals surface area contributed by atoms with Crippen molar-refractivity contribution in [3.05, 3.63) is 24.3 Å². The van der Waals surface area contributed by atoms with Crippen molar-refractivity contribution in [1.29, 1.82) is 0 Å².